The molecule has 4 aliphatic rings. The summed E-state index contributed by atoms with van der Waals surface area (Å²) in [4.78, 5) is 3.47. The Hall–Kier alpha value is -2.01. The smallest absolute Gasteiger partial charge is 0.134 e. The summed E-state index contributed by atoms with van der Waals surface area (Å²) in [6, 6.07) is 18.7. The van der Waals surface area contributed by atoms with Gasteiger partial charge in [-0.1, -0.05) is 54.1 Å². The van der Waals surface area contributed by atoms with Gasteiger partial charge in [-0.3, -0.25) is 0 Å². The molecule has 4 bridgehead atoms. The fourth-order valence-corrected chi connectivity index (χ4v) is 5.45. The van der Waals surface area contributed by atoms with Crippen LogP contribution in [0.25, 0.3) is 0 Å². The van der Waals surface area contributed by atoms with Crippen LogP contribution in [0.4, 0.5) is 0 Å². The fraction of sp³-hybridized carbons (Fsp3) is 0.364. The maximum Gasteiger partial charge on any atom is 0.134 e. The van der Waals surface area contributed by atoms with Crippen LogP contribution >= 0.6 is 11.6 Å². The van der Waals surface area contributed by atoms with Gasteiger partial charge < -0.3 is 9.80 Å². The van der Waals surface area contributed by atoms with Gasteiger partial charge >= 0.3 is 0 Å². The number of benzene rings is 2. The summed E-state index contributed by atoms with van der Waals surface area (Å²) in [6.45, 7) is 7.25. The Labute approximate surface area is 165 Å². The molecule has 5 heteroatoms. The number of quaternary nitrogens is 2. The summed E-state index contributed by atoms with van der Waals surface area (Å²) in [5, 5.41) is 10.1. The van der Waals surface area contributed by atoms with Crippen LogP contribution in [0.15, 0.2) is 64.8 Å². The van der Waals surface area contributed by atoms with Gasteiger partial charge in [-0.05, 0) is 23.3 Å². The van der Waals surface area contributed by atoms with E-state index in [1.165, 1.54) is 37.5 Å². The van der Waals surface area contributed by atoms with Crippen LogP contribution < -0.4 is 9.80 Å². The molecular weight excluding hydrogens is 356 g/mol. The van der Waals surface area contributed by atoms with Gasteiger partial charge in [-0.2, -0.15) is 10.2 Å². The number of fused-ring (bicyclic) bond motifs is 1. The molecule has 27 heavy (non-hydrogen) atoms. The first-order valence-electron chi connectivity index (χ1n) is 9.83. The van der Waals surface area contributed by atoms with Gasteiger partial charge in [0.1, 0.15) is 18.5 Å². The van der Waals surface area contributed by atoms with Crippen LogP contribution in [-0.4, -0.2) is 51.2 Å². The molecule has 0 spiro atoms. The average Bonchev–Trinajstić information content (AvgIpc) is 2.94. The second-order valence-electron chi connectivity index (χ2n) is 8.19. The van der Waals surface area contributed by atoms with Crippen molar-refractivity contribution in [3.63, 3.8) is 0 Å². The van der Waals surface area contributed by atoms with E-state index in [1.54, 1.807) is 9.80 Å². The number of rotatable bonds is 3. The molecule has 2 unspecified atom stereocenters. The minimum Gasteiger partial charge on any atom is -0.328 e. The van der Waals surface area contributed by atoms with Crippen LogP contribution in [0.5, 0.6) is 0 Å². The van der Waals surface area contributed by atoms with E-state index in [4.69, 9.17) is 16.7 Å². The van der Waals surface area contributed by atoms with E-state index >= 15 is 0 Å². The molecule has 4 heterocycles. The number of nitrogens with one attached hydrogen (secondary N) is 2. The third kappa shape index (κ3) is 3.12. The molecule has 2 aromatic carbocycles. The Bertz CT molecular complexity index is 859. The van der Waals surface area contributed by atoms with Gasteiger partial charge in [0.15, 0.2) is 0 Å². The Kier molecular flexibility index (Phi) is 4.35. The second-order valence-corrected chi connectivity index (χ2v) is 8.62. The number of hydrogen-bond acceptors (Lipinski definition) is 2. The largest absolute Gasteiger partial charge is 0.328 e. The van der Waals surface area contributed by atoms with Crippen molar-refractivity contribution in [2.75, 3.05) is 39.3 Å². The highest BCUT2D eigenvalue weighted by Crippen LogP contribution is 2.31. The van der Waals surface area contributed by atoms with Crippen molar-refractivity contribution in [3.05, 3.63) is 70.7 Å². The first kappa shape index (κ1) is 17.1. The third-order valence-corrected chi connectivity index (χ3v) is 6.70. The van der Waals surface area contributed by atoms with Crippen molar-refractivity contribution in [1.82, 2.24) is 0 Å². The van der Waals surface area contributed by atoms with Crippen LogP contribution in [0, 0.1) is 5.92 Å². The van der Waals surface area contributed by atoms with E-state index in [2.05, 4.69) is 35.4 Å². The van der Waals surface area contributed by atoms with E-state index in [0.29, 0.717) is 5.92 Å². The highest BCUT2D eigenvalue weighted by Gasteiger charge is 2.58. The van der Waals surface area contributed by atoms with Crippen molar-refractivity contribution in [2.24, 2.45) is 16.1 Å². The SMILES string of the molecule is Clc1ccc(C=NN=C2C3C[NH+]4CC[NH+](C3)CC2(c2ccccc2)C4)cc1. The van der Waals surface area contributed by atoms with Gasteiger partial charge in [0.2, 0.25) is 0 Å². The van der Waals surface area contributed by atoms with Crippen molar-refractivity contribution in [3.8, 4) is 0 Å². The summed E-state index contributed by atoms with van der Waals surface area (Å²) in [7, 11) is 0. The summed E-state index contributed by atoms with van der Waals surface area (Å²) >= 11 is 5.97. The van der Waals surface area contributed by atoms with Gasteiger partial charge in [0.25, 0.3) is 0 Å². The van der Waals surface area contributed by atoms with E-state index in [0.717, 1.165) is 23.7 Å². The Morgan fingerprint density at radius 2 is 1.59 bits per heavy atom. The van der Waals surface area contributed by atoms with Crippen molar-refractivity contribution in [2.45, 2.75) is 5.41 Å². The van der Waals surface area contributed by atoms with Crippen LogP contribution in [0.3, 0.4) is 0 Å². The van der Waals surface area contributed by atoms with Crippen molar-refractivity contribution < 1.29 is 9.80 Å². The average molecular weight is 381 g/mol. The van der Waals surface area contributed by atoms with Crippen molar-refractivity contribution >= 4 is 23.5 Å². The molecule has 0 aromatic heterocycles. The monoisotopic (exact) mass is 380 g/mol. The zero-order valence-corrected chi connectivity index (χ0v) is 16.1. The van der Waals surface area contributed by atoms with E-state index in [-0.39, 0.29) is 5.41 Å². The van der Waals surface area contributed by atoms with Crippen LogP contribution in [0.1, 0.15) is 11.1 Å². The van der Waals surface area contributed by atoms with Gasteiger partial charge in [0, 0.05) is 5.02 Å². The van der Waals surface area contributed by atoms with E-state index < -0.39 is 0 Å². The lowest BCUT2D eigenvalue weighted by molar-refractivity contribution is -0.918. The van der Waals surface area contributed by atoms with Gasteiger partial charge in [-0.15, -0.1) is 0 Å². The number of nitrogens with zero attached hydrogens (tertiary/aromatic N) is 2. The summed E-state index contributed by atoms with van der Waals surface area (Å²) in [5.74, 6) is 0.530. The topological polar surface area (TPSA) is 33.6 Å². The summed E-state index contributed by atoms with van der Waals surface area (Å²) < 4.78 is 0. The fourth-order valence-electron chi connectivity index (χ4n) is 5.32. The molecule has 4 aliphatic heterocycles. The molecule has 0 radical (unpaired) electrons. The zero-order chi connectivity index (χ0) is 18.3. The number of halogens is 1. The first-order valence-corrected chi connectivity index (χ1v) is 10.2. The zero-order valence-electron chi connectivity index (χ0n) is 15.4. The van der Waals surface area contributed by atoms with E-state index in [1.807, 2.05) is 30.5 Å². The molecule has 138 valence electrons. The molecule has 2 aromatic rings. The molecule has 0 amide bonds. The minimum absolute atomic E-state index is 0.0287. The predicted molar refractivity (Wildman–Crippen MR) is 109 cm³/mol. The maximum atomic E-state index is 5.97. The molecule has 2 N–H and O–H groups in total. The van der Waals surface area contributed by atoms with Gasteiger partial charge in [-0.25, -0.2) is 0 Å². The molecule has 0 saturated carbocycles. The Morgan fingerprint density at radius 1 is 0.926 bits per heavy atom. The Morgan fingerprint density at radius 3 is 2.26 bits per heavy atom. The maximum absolute atomic E-state index is 5.97. The molecule has 4 saturated heterocycles. The molecule has 2 atom stereocenters. The van der Waals surface area contributed by atoms with Crippen LogP contribution in [0.2, 0.25) is 5.02 Å². The number of hydrogen-bond donors (Lipinski definition) is 2. The van der Waals surface area contributed by atoms with Gasteiger partial charge in [0.05, 0.1) is 44.0 Å². The standard InChI is InChI=1S/C22H23ClN4/c23-20-8-6-17(7-9-20)12-24-25-21-18-13-26-10-11-27(14-18)16-22(21,15-26)19-4-2-1-3-5-19/h1-9,12,18H,10-11,13-16H2/p+2. The lowest BCUT2D eigenvalue weighted by Crippen LogP contribution is -3.17. The summed E-state index contributed by atoms with van der Waals surface area (Å²) in [6.07, 6.45) is 1.85. The Balaban J connectivity index is 1.54. The van der Waals surface area contributed by atoms with Crippen molar-refractivity contribution in [1.29, 1.82) is 0 Å². The highest BCUT2D eigenvalue weighted by molar-refractivity contribution is 6.30. The lowest BCUT2D eigenvalue weighted by Gasteiger charge is -2.46. The first-order chi connectivity index (χ1) is 13.2. The van der Waals surface area contributed by atoms with E-state index in [9.17, 15) is 0 Å². The second kappa shape index (κ2) is 6.86. The predicted octanol–water partition coefficient (Wildman–Crippen LogP) is 0.480. The molecule has 0 aliphatic carbocycles. The highest BCUT2D eigenvalue weighted by atomic mass is 35.5. The quantitative estimate of drug-likeness (QED) is 0.574. The number of piperidine rings is 2. The van der Waals surface area contributed by atoms with Crippen LogP contribution in [-0.2, 0) is 5.41 Å². The molecule has 4 nitrogen and oxygen atoms in total. The normalized spacial score (nSPS) is 33.7. The molecule has 6 rings (SSSR count). The summed E-state index contributed by atoms with van der Waals surface area (Å²) in [5.41, 5.74) is 3.77. The molecule has 4 fully saturated rings. The molecular formula is C22H25ClN4+2. The lowest BCUT2D eigenvalue weighted by atomic mass is 9.66. The minimum atomic E-state index is 0.0287. The third-order valence-electron chi connectivity index (χ3n) is 6.45.